The number of rotatable bonds is 6. The zero-order chi connectivity index (χ0) is 17.8. The van der Waals surface area contributed by atoms with E-state index in [1.54, 1.807) is 12.1 Å². The number of benzene rings is 1. The molecule has 1 saturated heterocycles. The van der Waals surface area contributed by atoms with E-state index in [2.05, 4.69) is 10.1 Å². The first-order chi connectivity index (χ1) is 11.2. The van der Waals surface area contributed by atoms with Crippen molar-refractivity contribution in [2.24, 2.45) is 5.92 Å². The minimum Gasteiger partial charge on any atom is -0.406 e. The number of alkyl halides is 3. The van der Waals surface area contributed by atoms with Crippen molar-refractivity contribution in [3.8, 4) is 5.75 Å². The number of aliphatic hydroxyl groups is 1. The Bertz CT molecular complexity index is 530. The second-order valence-corrected chi connectivity index (χ2v) is 6.60. The number of halogens is 3. The Kier molecular flexibility index (Phi) is 6.11. The highest BCUT2D eigenvalue weighted by molar-refractivity contribution is 5.35. The third-order valence-electron chi connectivity index (χ3n) is 3.98. The Hall–Kier alpha value is -1.31. The molecule has 7 heteroatoms. The molecule has 136 valence electrons. The quantitative estimate of drug-likeness (QED) is 0.831. The van der Waals surface area contributed by atoms with Crippen LogP contribution in [0.5, 0.6) is 5.75 Å². The number of morpholine rings is 1. The predicted molar refractivity (Wildman–Crippen MR) is 83.8 cm³/mol. The van der Waals surface area contributed by atoms with Gasteiger partial charge in [0.05, 0.1) is 18.3 Å². The average Bonchev–Trinajstić information content (AvgIpc) is 2.48. The molecule has 1 aliphatic rings. The Morgan fingerprint density at radius 3 is 2.62 bits per heavy atom. The van der Waals surface area contributed by atoms with E-state index in [4.69, 9.17) is 4.74 Å². The lowest BCUT2D eigenvalue weighted by Crippen LogP contribution is -2.55. The van der Waals surface area contributed by atoms with Crippen molar-refractivity contribution in [1.29, 1.82) is 0 Å². The van der Waals surface area contributed by atoms with Gasteiger partial charge < -0.3 is 19.9 Å². The highest BCUT2D eigenvalue weighted by Gasteiger charge is 2.40. The molecular formula is C17H24F3NO3. The van der Waals surface area contributed by atoms with Crippen molar-refractivity contribution in [2.45, 2.75) is 44.8 Å². The first kappa shape index (κ1) is 19.0. The van der Waals surface area contributed by atoms with Crippen LogP contribution in [0.2, 0.25) is 0 Å². The fourth-order valence-electron chi connectivity index (χ4n) is 3.14. The van der Waals surface area contributed by atoms with Crippen molar-refractivity contribution < 1.29 is 27.8 Å². The van der Waals surface area contributed by atoms with Crippen LogP contribution < -0.4 is 10.1 Å². The van der Waals surface area contributed by atoms with Crippen LogP contribution in [-0.2, 0) is 11.2 Å². The standard InChI is InChI=1S/C17H24F3NO3/c1-12(2)9-16(22,15-11-21-7-8-23-15)10-13-5-3-4-6-14(13)24-17(18,19)20/h3-6,12,15,21-22H,7-11H2,1-2H3. The molecular weight excluding hydrogens is 323 g/mol. The van der Waals surface area contributed by atoms with Gasteiger partial charge in [0.1, 0.15) is 5.75 Å². The van der Waals surface area contributed by atoms with Gasteiger partial charge in [-0.1, -0.05) is 32.0 Å². The van der Waals surface area contributed by atoms with Crippen LogP contribution in [0.4, 0.5) is 13.2 Å². The minimum absolute atomic E-state index is 0.0315. The largest absolute Gasteiger partial charge is 0.573 e. The van der Waals surface area contributed by atoms with Crippen molar-refractivity contribution in [2.75, 3.05) is 19.7 Å². The van der Waals surface area contributed by atoms with Crippen LogP contribution in [0.1, 0.15) is 25.8 Å². The lowest BCUT2D eigenvalue weighted by molar-refractivity contribution is -0.275. The normalized spacial score (nSPS) is 21.5. The van der Waals surface area contributed by atoms with E-state index in [9.17, 15) is 18.3 Å². The van der Waals surface area contributed by atoms with E-state index in [1.165, 1.54) is 12.1 Å². The van der Waals surface area contributed by atoms with Crippen molar-refractivity contribution in [3.05, 3.63) is 29.8 Å². The lowest BCUT2D eigenvalue weighted by atomic mass is 9.81. The van der Waals surface area contributed by atoms with Gasteiger partial charge in [-0.25, -0.2) is 0 Å². The molecule has 2 rings (SSSR count). The molecule has 0 amide bonds. The highest BCUT2D eigenvalue weighted by Crippen LogP contribution is 2.33. The van der Waals surface area contributed by atoms with Crippen LogP contribution in [-0.4, -0.2) is 42.9 Å². The summed E-state index contributed by atoms with van der Waals surface area (Å²) in [5, 5.41) is 14.3. The molecule has 0 aliphatic carbocycles. The maximum atomic E-state index is 12.6. The summed E-state index contributed by atoms with van der Waals surface area (Å²) >= 11 is 0. The third-order valence-corrected chi connectivity index (χ3v) is 3.98. The summed E-state index contributed by atoms with van der Waals surface area (Å²) in [5.74, 6) is -0.118. The first-order valence-corrected chi connectivity index (χ1v) is 8.08. The van der Waals surface area contributed by atoms with Crippen molar-refractivity contribution >= 4 is 0 Å². The van der Waals surface area contributed by atoms with Crippen molar-refractivity contribution in [1.82, 2.24) is 5.32 Å². The van der Waals surface area contributed by atoms with Gasteiger partial charge in [0.25, 0.3) is 0 Å². The summed E-state index contributed by atoms with van der Waals surface area (Å²) in [5.41, 5.74) is -0.959. The van der Waals surface area contributed by atoms with Gasteiger partial charge in [-0.2, -0.15) is 0 Å². The number of hydrogen-bond donors (Lipinski definition) is 2. The topological polar surface area (TPSA) is 50.7 Å². The summed E-state index contributed by atoms with van der Waals surface area (Å²) in [6.45, 7) is 5.54. The number of ether oxygens (including phenoxy) is 2. The van der Waals surface area contributed by atoms with E-state index < -0.39 is 18.1 Å². The van der Waals surface area contributed by atoms with E-state index in [1.807, 2.05) is 13.8 Å². The van der Waals surface area contributed by atoms with E-state index in [-0.39, 0.29) is 18.1 Å². The first-order valence-electron chi connectivity index (χ1n) is 8.08. The second kappa shape index (κ2) is 7.72. The fraction of sp³-hybridized carbons (Fsp3) is 0.647. The van der Waals surface area contributed by atoms with Gasteiger partial charge in [-0.3, -0.25) is 0 Å². The van der Waals surface area contributed by atoms with Crippen LogP contribution in [0.3, 0.4) is 0 Å². The predicted octanol–water partition coefficient (Wildman–Crippen LogP) is 2.89. The molecule has 4 nitrogen and oxygen atoms in total. The third kappa shape index (κ3) is 5.36. The minimum atomic E-state index is -4.77. The van der Waals surface area contributed by atoms with Crippen LogP contribution >= 0.6 is 0 Å². The molecule has 0 bridgehead atoms. The Balaban J connectivity index is 2.26. The molecule has 1 aromatic carbocycles. The molecule has 2 unspecified atom stereocenters. The zero-order valence-corrected chi connectivity index (χ0v) is 13.9. The molecule has 0 saturated carbocycles. The number of hydrogen-bond acceptors (Lipinski definition) is 4. The van der Waals surface area contributed by atoms with Gasteiger partial charge >= 0.3 is 6.36 Å². The fourth-order valence-corrected chi connectivity index (χ4v) is 3.14. The van der Waals surface area contributed by atoms with Gasteiger partial charge in [-0.05, 0) is 24.0 Å². The zero-order valence-electron chi connectivity index (χ0n) is 13.9. The highest BCUT2D eigenvalue weighted by atomic mass is 19.4. The maximum Gasteiger partial charge on any atom is 0.573 e. The summed E-state index contributed by atoms with van der Waals surface area (Å²) in [4.78, 5) is 0. The Morgan fingerprint density at radius 2 is 2.04 bits per heavy atom. The maximum absolute atomic E-state index is 12.6. The number of nitrogens with one attached hydrogen (secondary N) is 1. The molecule has 2 N–H and O–H groups in total. The summed E-state index contributed by atoms with van der Waals surface area (Å²) in [6.07, 6.45) is -4.80. The molecule has 1 aliphatic heterocycles. The van der Waals surface area contributed by atoms with Gasteiger partial charge in [-0.15, -0.1) is 13.2 Å². The van der Waals surface area contributed by atoms with Crippen LogP contribution in [0, 0.1) is 5.92 Å². The molecule has 0 radical (unpaired) electrons. The monoisotopic (exact) mass is 347 g/mol. The molecule has 0 spiro atoms. The summed E-state index contributed by atoms with van der Waals surface area (Å²) < 4.78 is 47.6. The van der Waals surface area contributed by atoms with E-state index >= 15 is 0 Å². The molecule has 1 heterocycles. The van der Waals surface area contributed by atoms with E-state index in [0.717, 1.165) is 0 Å². The Morgan fingerprint density at radius 1 is 1.33 bits per heavy atom. The second-order valence-electron chi connectivity index (χ2n) is 6.60. The van der Waals surface area contributed by atoms with Crippen LogP contribution in [0.25, 0.3) is 0 Å². The average molecular weight is 347 g/mol. The Labute approximate surface area is 140 Å². The van der Waals surface area contributed by atoms with Gasteiger partial charge in [0, 0.05) is 19.5 Å². The smallest absolute Gasteiger partial charge is 0.406 e. The molecule has 2 atom stereocenters. The van der Waals surface area contributed by atoms with Gasteiger partial charge in [0.15, 0.2) is 0 Å². The molecule has 1 fully saturated rings. The molecule has 0 aromatic heterocycles. The van der Waals surface area contributed by atoms with Crippen LogP contribution in [0.15, 0.2) is 24.3 Å². The van der Waals surface area contributed by atoms with Crippen molar-refractivity contribution in [3.63, 3.8) is 0 Å². The van der Waals surface area contributed by atoms with E-state index in [0.29, 0.717) is 31.7 Å². The molecule has 24 heavy (non-hydrogen) atoms. The van der Waals surface area contributed by atoms with Gasteiger partial charge in [0.2, 0.25) is 0 Å². The lowest BCUT2D eigenvalue weighted by Gasteiger charge is -2.40. The summed E-state index contributed by atoms with van der Waals surface area (Å²) in [6, 6.07) is 5.92. The molecule has 1 aromatic rings. The number of para-hydroxylation sites is 1. The SMILES string of the molecule is CC(C)CC(O)(Cc1ccccc1OC(F)(F)F)C1CNCCO1. The summed E-state index contributed by atoms with van der Waals surface area (Å²) in [7, 11) is 0.